The van der Waals surface area contributed by atoms with Crippen molar-refractivity contribution in [3.05, 3.63) is 99.9 Å². The van der Waals surface area contributed by atoms with Crippen LogP contribution in [-0.2, 0) is 11.3 Å². The monoisotopic (exact) mass is 549 g/mol. The van der Waals surface area contributed by atoms with Crippen LogP contribution in [0.15, 0.2) is 83.9 Å². The first kappa shape index (κ1) is 25.9. The number of benzene rings is 3. The molecule has 9 heteroatoms. The highest BCUT2D eigenvalue weighted by atomic mass is 32.1. The summed E-state index contributed by atoms with van der Waals surface area (Å²) in [6, 6.07) is 23.6. The van der Waals surface area contributed by atoms with Crippen molar-refractivity contribution in [1.29, 1.82) is 5.26 Å². The summed E-state index contributed by atoms with van der Waals surface area (Å²) >= 11 is 1.23. The van der Waals surface area contributed by atoms with Gasteiger partial charge in [0.1, 0.15) is 6.61 Å². The van der Waals surface area contributed by atoms with Crippen molar-refractivity contribution in [3.63, 3.8) is 0 Å². The van der Waals surface area contributed by atoms with Gasteiger partial charge in [-0.05, 0) is 47.0 Å². The molecule has 0 bridgehead atoms. The predicted molar refractivity (Wildman–Crippen MR) is 156 cm³/mol. The standard InChI is InChI=1S/C31H27N5O3S/c32-18-22-3-1-5-24(15-22)25-7-8-29-28(17-25)36(31(37)40-29)21-23-4-2-6-26(16-23)30-33-19-27(20-34-30)39-14-11-35-9-12-38-13-10-35/h1-8,15-17,19-20H,9-14,21H2. The van der Waals surface area contributed by atoms with Crippen molar-refractivity contribution < 1.29 is 9.47 Å². The number of aromatic nitrogens is 3. The number of fused-ring (bicyclic) bond motifs is 1. The predicted octanol–water partition coefficient (Wildman–Crippen LogP) is 4.82. The summed E-state index contributed by atoms with van der Waals surface area (Å²) in [7, 11) is 0. The molecule has 6 rings (SSSR count). The number of hydrogen-bond donors (Lipinski definition) is 0. The van der Waals surface area contributed by atoms with Gasteiger partial charge in [-0.25, -0.2) is 9.97 Å². The topological polar surface area (TPSA) is 93.3 Å². The van der Waals surface area contributed by atoms with Crippen LogP contribution in [0.2, 0.25) is 0 Å². The van der Waals surface area contributed by atoms with E-state index in [-0.39, 0.29) is 4.87 Å². The van der Waals surface area contributed by atoms with E-state index in [4.69, 9.17) is 9.47 Å². The molecule has 3 heterocycles. The minimum atomic E-state index is -0.0156. The Hall–Kier alpha value is -4.36. The van der Waals surface area contributed by atoms with Crippen LogP contribution in [0.3, 0.4) is 0 Å². The lowest BCUT2D eigenvalue weighted by molar-refractivity contribution is 0.0322. The number of thiazole rings is 1. The number of rotatable bonds is 8. The van der Waals surface area contributed by atoms with E-state index in [1.54, 1.807) is 23.0 Å². The Morgan fingerprint density at radius 3 is 2.55 bits per heavy atom. The summed E-state index contributed by atoms with van der Waals surface area (Å²) in [6.07, 6.45) is 3.40. The smallest absolute Gasteiger partial charge is 0.308 e. The maximum atomic E-state index is 13.0. The first-order chi connectivity index (χ1) is 19.7. The van der Waals surface area contributed by atoms with E-state index in [0.29, 0.717) is 30.3 Å². The van der Waals surface area contributed by atoms with Gasteiger partial charge in [0.2, 0.25) is 0 Å². The second-order valence-electron chi connectivity index (χ2n) is 9.57. The molecule has 1 saturated heterocycles. The molecule has 0 atom stereocenters. The van der Waals surface area contributed by atoms with Crippen molar-refractivity contribution in [2.75, 3.05) is 39.5 Å². The van der Waals surface area contributed by atoms with E-state index in [9.17, 15) is 10.1 Å². The third-order valence-corrected chi connectivity index (χ3v) is 7.89. The van der Waals surface area contributed by atoms with E-state index >= 15 is 0 Å². The van der Waals surface area contributed by atoms with Crippen molar-refractivity contribution in [2.24, 2.45) is 0 Å². The lowest BCUT2D eigenvalue weighted by Crippen LogP contribution is -2.38. The number of ether oxygens (including phenoxy) is 2. The Balaban J connectivity index is 1.18. The summed E-state index contributed by atoms with van der Waals surface area (Å²) in [5.74, 6) is 1.24. The zero-order valence-electron chi connectivity index (χ0n) is 21.8. The third-order valence-electron chi connectivity index (χ3n) is 6.93. The minimum Gasteiger partial charge on any atom is -0.489 e. The van der Waals surface area contributed by atoms with Crippen LogP contribution in [0.25, 0.3) is 32.7 Å². The van der Waals surface area contributed by atoms with Gasteiger partial charge < -0.3 is 9.47 Å². The summed E-state index contributed by atoms with van der Waals surface area (Å²) in [4.78, 5) is 24.3. The fraction of sp³-hybridized carbons (Fsp3) is 0.226. The molecule has 0 radical (unpaired) electrons. The number of nitrogens with zero attached hydrogens (tertiary/aromatic N) is 5. The molecule has 1 aliphatic rings. The van der Waals surface area contributed by atoms with Crippen LogP contribution in [0.1, 0.15) is 11.1 Å². The van der Waals surface area contributed by atoms with Gasteiger partial charge in [0.25, 0.3) is 0 Å². The van der Waals surface area contributed by atoms with Crippen molar-refractivity contribution >= 4 is 21.6 Å². The molecule has 1 aliphatic heterocycles. The highest BCUT2D eigenvalue weighted by Crippen LogP contribution is 2.27. The molecule has 0 unspecified atom stereocenters. The molecular formula is C31H27N5O3S. The SMILES string of the molecule is N#Cc1cccc(-c2ccc3sc(=O)n(Cc4cccc(-c5ncc(OCCN6CCOCC6)cn5)c4)c3c2)c1. The Labute approximate surface area is 235 Å². The Morgan fingerprint density at radius 2 is 1.73 bits per heavy atom. The largest absolute Gasteiger partial charge is 0.489 e. The lowest BCUT2D eigenvalue weighted by Gasteiger charge is -2.26. The number of hydrogen-bond acceptors (Lipinski definition) is 8. The average Bonchev–Trinajstić information content (AvgIpc) is 3.32. The molecule has 0 amide bonds. The van der Waals surface area contributed by atoms with Gasteiger partial charge in [0.15, 0.2) is 11.6 Å². The molecule has 3 aromatic carbocycles. The summed E-state index contributed by atoms with van der Waals surface area (Å²) in [6.45, 7) is 5.25. The second-order valence-corrected chi connectivity index (χ2v) is 10.6. The van der Waals surface area contributed by atoms with Crippen molar-refractivity contribution in [3.8, 4) is 34.3 Å². The molecule has 200 valence electrons. The summed E-state index contributed by atoms with van der Waals surface area (Å²) in [5.41, 5.74) is 5.23. The van der Waals surface area contributed by atoms with Crippen LogP contribution < -0.4 is 9.61 Å². The average molecular weight is 550 g/mol. The van der Waals surface area contributed by atoms with Crippen LogP contribution in [0, 0.1) is 11.3 Å². The van der Waals surface area contributed by atoms with E-state index in [1.807, 2.05) is 60.7 Å². The first-order valence-electron chi connectivity index (χ1n) is 13.1. The van der Waals surface area contributed by atoms with Gasteiger partial charge in [-0.15, -0.1) is 0 Å². The van der Waals surface area contributed by atoms with Gasteiger partial charge in [0, 0.05) is 25.2 Å². The highest BCUT2D eigenvalue weighted by Gasteiger charge is 2.12. The normalized spacial score (nSPS) is 13.8. The Kier molecular flexibility index (Phi) is 7.64. The maximum absolute atomic E-state index is 13.0. The summed E-state index contributed by atoms with van der Waals surface area (Å²) in [5, 5.41) is 9.28. The van der Waals surface area contributed by atoms with Gasteiger partial charge in [0.05, 0.1) is 54.0 Å². The van der Waals surface area contributed by atoms with Crippen molar-refractivity contribution in [1.82, 2.24) is 19.4 Å². The van der Waals surface area contributed by atoms with E-state index < -0.39 is 0 Å². The molecule has 1 fully saturated rings. The Morgan fingerprint density at radius 1 is 0.950 bits per heavy atom. The molecule has 40 heavy (non-hydrogen) atoms. The van der Waals surface area contributed by atoms with Gasteiger partial charge in [-0.2, -0.15) is 5.26 Å². The summed E-state index contributed by atoms with van der Waals surface area (Å²) < 4.78 is 13.9. The quantitative estimate of drug-likeness (QED) is 0.274. The lowest BCUT2D eigenvalue weighted by atomic mass is 10.0. The molecule has 0 spiro atoms. The zero-order valence-corrected chi connectivity index (χ0v) is 22.6. The van der Waals surface area contributed by atoms with Gasteiger partial charge in [-0.3, -0.25) is 14.3 Å². The van der Waals surface area contributed by atoms with Crippen molar-refractivity contribution in [2.45, 2.75) is 6.54 Å². The minimum absolute atomic E-state index is 0.0156. The van der Waals surface area contributed by atoms with Crippen LogP contribution in [-0.4, -0.2) is 58.9 Å². The van der Waals surface area contributed by atoms with E-state index in [1.165, 1.54) is 11.3 Å². The van der Waals surface area contributed by atoms with E-state index in [0.717, 1.165) is 65.3 Å². The molecule has 5 aromatic rings. The maximum Gasteiger partial charge on any atom is 0.308 e. The first-order valence-corrected chi connectivity index (χ1v) is 14.0. The highest BCUT2D eigenvalue weighted by molar-refractivity contribution is 7.16. The molecule has 2 aromatic heterocycles. The fourth-order valence-electron chi connectivity index (χ4n) is 4.81. The van der Waals surface area contributed by atoms with Crippen LogP contribution in [0.5, 0.6) is 5.75 Å². The zero-order chi connectivity index (χ0) is 27.3. The number of morpholine rings is 1. The second kappa shape index (κ2) is 11.8. The Bertz CT molecular complexity index is 1730. The number of nitriles is 1. The molecule has 0 N–H and O–H groups in total. The molecule has 0 aliphatic carbocycles. The van der Waals surface area contributed by atoms with Gasteiger partial charge >= 0.3 is 4.87 Å². The fourth-order valence-corrected chi connectivity index (χ4v) is 5.68. The van der Waals surface area contributed by atoms with Gasteiger partial charge in [-0.1, -0.05) is 47.7 Å². The molecule has 0 saturated carbocycles. The van der Waals surface area contributed by atoms with E-state index in [2.05, 4.69) is 20.9 Å². The van der Waals surface area contributed by atoms with Crippen LogP contribution in [0.4, 0.5) is 0 Å². The van der Waals surface area contributed by atoms with Crippen LogP contribution >= 0.6 is 11.3 Å². The molecular weight excluding hydrogens is 522 g/mol. The third kappa shape index (κ3) is 5.80. The molecule has 8 nitrogen and oxygen atoms in total.